The Labute approximate surface area is 158 Å². The van der Waals surface area contributed by atoms with Crippen molar-refractivity contribution in [2.75, 3.05) is 33.7 Å². The molecule has 4 heterocycles. The molecule has 27 heavy (non-hydrogen) atoms. The first-order valence-corrected chi connectivity index (χ1v) is 9.57. The molecule has 3 saturated heterocycles. The predicted octanol–water partition coefficient (Wildman–Crippen LogP) is 1.43. The highest BCUT2D eigenvalue weighted by molar-refractivity contribution is 5.78. The number of carbonyl (C=O) groups excluding carboxylic acids is 2. The molecule has 8 nitrogen and oxygen atoms in total. The van der Waals surface area contributed by atoms with Crippen LogP contribution in [0, 0.1) is 5.92 Å². The zero-order valence-electron chi connectivity index (χ0n) is 15.9. The summed E-state index contributed by atoms with van der Waals surface area (Å²) in [4.78, 5) is 30.8. The fraction of sp³-hybridized carbons (Fsp3) is 0.579. The maximum absolute atomic E-state index is 12.9. The van der Waals surface area contributed by atoms with Gasteiger partial charge in [-0.15, -0.1) is 5.10 Å². The van der Waals surface area contributed by atoms with Gasteiger partial charge in [-0.2, -0.15) is 0 Å². The van der Waals surface area contributed by atoms with E-state index in [9.17, 15) is 9.59 Å². The van der Waals surface area contributed by atoms with E-state index >= 15 is 0 Å². The number of urea groups is 1. The number of hydrogen-bond donors (Lipinski definition) is 0. The largest absolute Gasteiger partial charge is 0.338 e. The summed E-state index contributed by atoms with van der Waals surface area (Å²) in [7, 11) is 3.56. The second-order valence-electron chi connectivity index (χ2n) is 7.78. The fourth-order valence-electron chi connectivity index (χ4n) is 4.25. The summed E-state index contributed by atoms with van der Waals surface area (Å²) in [5.41, 5.74) is 1.79. The van der Waals surface area contributed by atoms with Crippen LogP contribution in [-0.4, -0.2) is 81.4 Å². The summed E-state index contributed by atoms with van der Waals surface area (Å²) in [6.45, 7) is 2.64. The third-order valence-corrected chi connectivity index (χ3v) is 5.64. The van der Waals surface area contributed by atoms with E-state index in [2.05, 4.69) is 10.3 Å². The number of nitrogens with zero attached hydrogens (tertiary/aromatic N) is 6. The van der Waals surface area contributed by atoms with Gasteiger partial charge in [-0.05, 0) is 30.9 Å². The molecule has 2 atom stereocenters. The number of aromatic nitrogens is 3. The number of rotatable bonds is 3. The summed E-state index contributed by atoms with van der Waals surface area (Å²) < 4.78 is 1.80. The Morgan fingerprint density at radius 2 is 1.96 bits per heavy atom. The molecule has 2 aromatic rings. The Morgan fingerprint density at radius 1 is 1.15 bits per heavy atom. The molecule has 1 aromatic heterocycles. The van der Waals surface area contributed by atoms with Gasteiger partial charge in [0, 0.05) is 46.2 Å². The van der Waals surface area contributed by atoms with Gasteiger partial charge in [-0.1, -0.05) is 17.3 Å². The predicted molar refractivity (Wildman–Crippen MR) is 101 cm³/mol. The smallest absolute Gasteiger partial charge is 0.319 e. The van der Waals surface area contributed by atoms with Crippen molar-refractivity contribution >= 4 is 23.0 Å². The summed E-state index contributed by atoms with van der Waals surface area (Å²) in [6, 6.07) is 7.93. The van der Waals surface area contributed by atoms with Gasteiger partial charge in [0.1, 0.15) is 5.52 Å². The van der Waals surface area contributed by atoms with Crippen LogP contribution >= 0.6 is 0 Å². The van der Waals surface area contributed by atoms with Crippen LogP contribution in [0.4, 0.5) is 4.79 Å². The van der Waals surface area contributed by atoms with Gasteiger partial charge < -0.3 is 14.7 Å². The van der Waals surface area contributed by atoms with E-state index in [1.54, 1.807) is 23.7 Å². The van der Waals surface area contributed by atoms with Crippen molar-refractivity contribution < 1.29 is 9.59 Å². The second-order valence-corrected chi connectivity index (χ2v) is 7.78. The van der Waals surface area contributed by atoms with Crippen molar-refractivity contribution in [3.8, 4) is 0 Å². The van der Waals surface area contributed by atoms with Crippen LogP contribution in [0.3, 0.4) is 0 Å². The molecular weight excluding hydrogens is 344 g/mol. The number of para-hydroxylation sites is 1. The highest BCUT2D eigenvalue weighted by Gasteiger charge is 2.38. The van der Waals surface area contributed by atoms with Crippen LogP contribution in [0.25, 0.3) is 11.0 Å². The van der Waals surface area contributed by atoms with Gasteiger partial charge in [0.25, 0.3) is 0 Å². The molecule has 144 valence electrons. The Bertz CT molecular complexity index is 848. The number of carbonyl (C=O) groups is 2. The zero-order chi connectivity index (χ0) is 19.0. The van der Waals surface area contributed by atoms with Crippen LogP contribution in [0.1, 0.15) is 19.3 Å². The van der Waals surface area contributed by atoms with Gasteiger partial charge in [0.05, 0.1) is 12.1 Å². The number of piperidine rings is 1. The van der Waals surface area contributed by atoms with Crippen molar-refractivity contribution in [1.82, 2.24) is 29.7 Å². The molecule has 0 N–H and O–H groups in total. The van der Waals surface area contributed by atoms with Crippen LogP contribution in [0.2, 0.25) is 0 Å². The van der Waals surface area contributed by atoms with Crippen LogP contribution < -0.4 is 0 Å². The molecule has 0 radical (unpaired) electrons. The second kappa shape index (κ2) is 7.17. The first kappa shape index (κ1) is 17.8. The van der Waals surface area contributed by atoms with Gasteiger partial charge >= 0.3 is 6.03 Å². The molecular formula is C19H26N6O2. The summed E-state index contributed by atoms with van der Waals surface area (Å²) >= 11 is 0. The normalized spacial score (nSPS) is 22.1. The molecule has 3 fully saturated rings. The Kier molecular flexibility index (Phi) is 4.72. The zero-order valence-corrected chi connectivity index (χ0v) is 15.9. The van der Waals surface area contributed by atoms with Gasteiger partial charge in [0.15, 0.2) is 0 Å². The number of benzene rings is 1. The first-order chi connectivity index (χ1) is 13.0. The standard InChI is InChI=1S/C19H26N6O2/c1-22(2)19(27)23-11-14-7-8-15(13-23)24(12-14)18(26)9-10-25-17-6-4-3-5-16(17)20-21-25/h3-6,14-15H,7-13H2,1-2H3/t14-,15+/m0/s1. The molecule has 3 amide bonds. The van der Waals surface area contributed by atoms with Crippen LogP contribution in [-0.2, 0) is 11.3 Å². The average molecular weight is 370 g/mol. The minimum absolute atomic E-state index is 0.0373. The quantitative estimate of drug-likeness (QED) is 0.819. The molecule has 0 saturated carbocycles. The molecule has 0 aliphatic carbocycles. The lowest BCUT2D eigenvalue weighted by Crippen LogP contribution is -2.48. The van der Waals surface area contributed by atoms with E-state index in [0.717, 1.165) is 37.0 Å². The van der Waals surface area contributed by atoms with Gasteiger partial charge in [-0.25, -0.2) is 9.48 Å². The topological polar surface area (TPSA) is 74.6 Å². The summed E-state index contributed by atoms with van der Waals surface area (Å²) in [5.74, 6) is 0.507. The summed E-state index contributed by atoms with van der Waals surface area (Å²) in [6.07, 6.45) is 2.46. The number of amides is 3. The Balaban J connectivity index is 1.42. The maximum atomic E-state index is 12.9. The van der Waals surface area contributed by atoms with Crippen molar-refractivity contribution in [3.05, 3.63) is 24.3 Å². The van der Waals surface area contributed by atoms with E-state index in [4.69, 9.17) is 0 Å². The first-order valence-electron chi connectivity index (χ1n) is 9.57. The third-order valence-electron chi connectivity index (χ3n) is 5.64. The molecule has 3 aliphatic rings. The number of hydrogen-bond acceptors (Lipinski definition) is 4. The monoisotopic (exact) mass is 370 g/mol. The van der Waals surface area contributed by atoms with Gasteiger partial charge in [0.2, 0.25) is 5.91 Å². The molecule has 1 aromatic carbocycles. The van der Waals surface area contributed by atoms with Crippen molar-refractivity contribution in [3.63, 3.8) is 0 Å². The molecule has 0 unspecified atom stereocenters. The van der Waals surface area contributed by atoms with E-state index in [0.29, 0.717) is 25.4 Å². The highest BCUT2D eigenvalue weighted by atomic mass is 16.2. The summed E-state index contributed by atoms with van der Waals surface area (Å²) in [5, 5.41) is 8.32. The number of fused-ring (bicyclic) bond motifs is 5. The van der Waals surface area contributed by atoms with E-state index in [1.165, 1.54) is 0 Å². The third kappa shape index (κ3) is 3.48. The average Bonchev–Trinajstić information content (AvgIpc) is 2.85. The minimum Gasteiger partial charge on any atom is -0.338 e. The van der Waals surface area contributed by atoms with E-state index in [-0.39, 0.29) is 18.0 Å². The molecule has 0 spiro atoms. The van der Waals surface area contributed by atoms with Crippen LogP contribution in [0.5, 0.6) is 0 Å². The van der Waals surface area contributed by atoms with Crippen molar-refractivity contribution in [2.45, 2.75) is 31.8 Å². The Hall–Kier alpha value is -2.64. The minimum atomic E-state index is 0.0373. The molecule has 8 heteroatoms. The molecule has 5 rings (SSSR count). The lowest BCUT2D eigenvalue weighted by molar-refractivity contribution is -0.135. The van der Waals surface area contributed by atoms with Gasteiger partial charge in [-0.3, -0.25) is 4.79 Å². The maximum Gasteiger partial charge on any atom is 0.319 e. The fourth-order valence-corrected chi connectivity index (χ4v) is 4.25. The highest BCUT2D eigenvalue weighted by Crippen LogP contribution is 2.29. The lowest BCUT2D eigenvalue weighted by atomic mass is 9.94. The van der Waals surface area contributed by atoms with E-state index < -0.39 is 0 Å². The SMILES string of the molecule is CN(C)C(=O)N1C[C@@H]2CC[C@H](C1)N(C(=O)CCn1nnc3ccccc31)C2. The molecule has 2 bridgehead atoms. The van der Waals surface area contributed by atoms with Crippen molar-refractivity contribution in [1.29, 1.82) is 0 Å². The van der Waals surface area contributed by atoms with Crippen molar-refractivity contribution in [2.24, 2.45) is 5.92 Å². The van der Waals surface area contributed by atoms with Crippen LogP contribution in [0.15, 0.2) is 24.3 Å². The van der Waals surface area contributed by atoms with E-state index in [1.807, 2.05) is 34.1 Å². The number of aryl methyl sites for hydroxylation is 1. The Morgan fingerprint density at radius 3 is 2.78 bits per heavy atom. The lowest BCUT2D eigenvalue weighted by Gasteiger charge is -2.36. The molecule has 3 aliphatic heterocycles.